The summed E-state index contributed by atoms with van der Waals surface area (Å²) in [6.07, 6.45) is 4.19. The van der Waals surface area contributed by atoms with Gasteiger partial charge in [-0.15, -0.1) is 0 Å². The molecule has 0 aliphatic carbocycles. The van der Waals surface area contributed by atoms with Crippen LogP contribution < -0.4 is 5.32 Å². The van der Waals surface area contributed by atoms with Crippen LogP contribution >= 0.6 is 0 Å². The molecular formula is C27H25F2N3O2. The van der Waals surface area contributed by atoms with Gasteiger partial charge in [0.15, 0.2) is 0 Å². The van der Waals surface area contributed by atoms with Crippen LogP contribution in [-0.4, -0.2) is 40.9 Å². The van der Waals surface area contributed by atoms with Crippen LogP contribution in [0.1, 0.15) is 39.2 Å². The minimum absolute atomic E-state index is 0.108. The topological polar surface area (TPSA) is 74.6 Å². The highest BCUT2D eigenvalue weighted by atomic mass is 19.1. The molecule has 1 amide bonds. The second kappa shape index (κ2) is 10.5. The predicted molar refractivity (Wildman–Crippen MR) is 128 cm³/mol. The van der Waals surface area contributed by atoms with Crippen molar-refractivity contribution < 1.29 is 18.7 Å². The van der Waals surface area contributed by atoms with Gasteiger partial charge in [0.25, 0.3) is 5.91 Å². The Hall–Kier alpha value is -3.71. The van der Waals surface area contributed by atoms with Crippen molar-refractivity contribution in [2.24, 2.45) is 4.99 Å². The number of benzene rings is 2. The van der Waals surface area contributed by atoms with E-state index in [2.05, 4.69) is 15.3 Å². The summed E-state index contributed by atoms with van der Waals surface area (Å²) in [5.74, 6) is -1.34. The number of nitrogens with zero attached hydrogens (tertiary/aromatic N) is 2. The number of hydrogen-bond acceptors (Lipinski definition) is 4. The van der Waals surface area contributed by atoms with E-state index in [0.29, 0.717) is 25.1 Å². The second-order valence-corrected chi connectivity index (χ2v) is 8.19. The van der Waals surface area contributed by atoms with Crippen molar-refractivity contribution in [2.75, 3.05) is 13.2 Å². The van der Waals surface area contributed by atoms with Gasteiger partial charge >= 0.3 is 0 Å². The van der Waals surface area contributed by atoms with Crippen molar-refractivity contribution in [3.8, 4) is 0 Å². The number of allylic oxidation sites excluding steroid dienone is 1. The average molecular weight is 462 g/mol. The highest BCUT2D eigenvalue weighted by Gasteiger charge is 2.24. The molecule has 1 atom stereocenters. The van der Waals surface area contributed by atoms with Gasteiger partial charge in [0, 0.05) is 36.5 Å². The molecule has 7 heteroatoms. The first kappa shape index (κ1) is 23.4. The SMILES string of the molecule is Cc1cccnc1C[C@H](CCO)NC(=O)c1cccc(F)c1C1=NCC(c2ccc(F)cc2)=C1. The summed E-state index contributed by atoms with van der Waals surface area (Å²) >= 11 is 0. The maximum Gasteiger partial charge on any atom is 0.252 e. The number of pyridine rings is 1. The molecule has 0 bridgehead atoms. The Morgan fingerprint density at radius 3 is 2.65 bits per heavy atom. The molecule has 174 valence electrons. The fourth-order valence-corrected chi connectivity index (χ4v) is 4.00. The molecule has 34 heavy (non-hydrogen) atoms. The van der Waals surface area contributed by atoms with Crippen LogP contribution in [0.4, 0.5) is 8.78 Å². The maximum atomic E-state index is 14.9. The van der Waals surface area contributed by atoms with E-state index in [1.54, 1.807) is 30.5 Å². The lowest BCUT2D eigenvalue weighted by molar-refractivity contribution is 0.0929. The summed E-state index contributed by atoms with van der Waals surface area (Å²) in [4.78, 5) is 22.0. The van der Waals surface area contributed by atoms with Crippen molar-refractivity contribution in [3.63, 3.8) is 0 Å². The Morgan fingerprint density at radius 1 is 1.12 bits per heavy atom. The monoisotopic (exact) mass is 461 g/mol. The molecule has 2 N–H and O–H groups in total. The van der Waals surface area contributed by atoms with E-state index in [4.69, 9.17) is 0 Å². The van der Waals surface area contributed by atoms with Gasteiger partial charge in [-0.05, 0) is 66.5 Å². The van der Waals surface area contributed by atoms with Crippen LogP contribution in [0.25, 0.3) is 5.57 Å². The number of carbonyl (C=O) groups is 1. The number of nitrogens with one attached hydrogen (secondary N) is 1. The molecule has 2 heterocycles. The molecular weight excluding hydrogens is 436 g/mol. The van der Waals surface area contributed by atoms with E-state index >= 15 is 0 Å². The standard InChI is InChI=1S/C27H25F2N3O2/c1-17-4-3-12-30-24(17)15-21(11-13-33)32-27(34)22-5-2-6-23(29)26(22)25-14-19(16-31-25)18-7-9-20(28)10-8-18/h2-10,12,14,21,33H,11,13,15-16H2,1H3,(H,32,34)/t21-/m0/s1. The van der Waals surface area contributed by atoms with Gasteiger partial charge in [-0.1, -0.05) is 24.3 Å². The lowest BCUT2D eigenvalue weighted by atomic mass is 9.98. The van der Waals surface area contributed by atoms with Crippen LogP contribution in [0, 0.1) is 18.6 Å². The Kier molecular flexibility index (Phi) is 7.23. The first-order valence-electron chi connectivity index (χ1n) is 11.1. The molecule has 4 rings (SSSR count). The Morgan fingerprint density at radius 2 is 1.91 bits per heavy atom. The molecule has 1 aliphatic heterocycles. The van der Waals surface area contributed by atoms with Crippen molar-refractivity contribution in [1.82, 2.24) is 10.3 Å². The second-order valence-electron chi connectivity index (χ2n) is 8.19. The zero-order valence-electron chi connectivity index (χ0n) is 18.8. The minimum Gasteiger partial charge on any atom is -0.396 e. The number of halogens is 2. The number of carbonyl (C=O) groups excluding carboxylic acids is 1. The number of aliphatic hydroxyl groups excluding tert-OH is 1. The van der Waals surface area contributed by atoms with Gasteiger partial charge in [0.1, 0.15) is 11.6 Å². The van der Waals surface area contributed by atoms with Gasteiger partial charge in [-0.3, -0.25) is 14.8 Å². The van der Waals surface area contributed by atoms with E-state index < -0.39 is 11.7 Å². The molecule has 1 aliphatic rings. The lowest BCUT2D eigenvalue weighted by Crippen LogP contribution is -2.38. The number of aliphatic hydroxyl groups is 1. The van der Waals surface area contributed by atoms with E-state index in [-0.39, 0.29) is 29.6 Å². The fourth-order valence-electron chi connectivity index (χ4n) is 4.00. The van der Waals surface area contributed by atoms with Gasteiger partial charge in [-0.2, -0.15) is 0 Å². The first-order valence-corrected chi connectivity index (χ1v) is 11.1. The van der Waals surface area contributed by atoms with Crippen molar-refractivity contribution in [3.05, 3.63) is 106 Å². The van der Waals surface area contributed by atoms with Gasteiger partial charge in [0.2, 0.25) is 0 Å². The zero-order chi connectivity index (χ0) is 24.1. The molecule has 5 nitrogen and oxygen atoms in total. The number of aromatic nitrogens is 1. The zero-order valence-corrected chi connectivity index (χ0v) is 18.8. The van der Waals surface area contributed by atoms with Crippen LogP contribution in [0.3, 0.4) is 0 Å². The minimum atomic E-state index is -0.553. The van der Waals surface area contributed by atoms with Crippen LogP contribution in [-0.2, 0) is 6.42 Å². The van der Waals surface area contributed by atoms with Crippen molar-refractivity contribution in [2.45, 2.75) is 25.8 Å². The summed E-state index contributed by atoms with van der Waals surface area (Å²) in [7, 11) is 0. The summed E-state index contributed by atoms with van der Waals surface area (Å²) < 4.78 is 28.2. The van der Waals surface area contributed by atoms with Gasteiger partial charge < -0.3 is 10.4 Å². The van der Waals surface area contributed by atoms with Crippen molar-refractivity contribution in [1.29, 1.82) is 0 Å². The van der Waals surface area contributed by atoms with Gasteiger partial charge in [0.05, 0.1) is 17.8 Å². The summed E-state index contributed by atoms with van der Waals surface area (Å²) in [5, 5.41) is 12.4. The molecule has 0 unspecified atom stereocenters. The third kappa shape index (κ3) is 5.26. The molecule has 0 saturated heterocycles. The number of hydrogen-bond donors (Lipinski definition) is 2. The largest absolute Gasteiger partial charge is 0.396 e. The maximum absolute atomic E-state index is 14.9. The normalized spacial score (nSPS) is 13.9. The van der Waals surface area contributed by atoms with Gasteiger partial charge in [-0.25, -0.2) is 8.78 Å². The predicted octanol–water partition coefficient (Wildman–Crippen LogP) is 4.28. The molecule has 0 radical (unpaired) electrons. The van der Waals surface area contributed by atoms with E-state index in [1.807, 2.05) is 19.1 Å². The van der Waals surface area contributed by atoms with E-state index in [1.165, 1.54) is 24.3 Å². The molecule has 2 aromatic carbocycles. The van der Waals surface area contributed by atoms with Crippen molar-refractivity contribution >= 4 is 17.2 Å². The Labute approximate surface area is 196 Å². The van der Waals surface area contributed by atoms with Crippen LogP contribution in [0.15, 0.2) is 71.9 Å². The molecule has 0 spiro atoms. The Bertz CT molecular complexity index is 1250. The van der Waals surface area contributed by atoms with Crippen LogP contribution in [0.2, 0.25) is 0 Å². The first-order chi connectivity index (χ1) is 16.5. The Balaban J connectivity index is 1.59. The summed E-state index contributed by atoms with van der Waals surface area (Å²) in [6.45, 7) is 2.14. The van der Waals surface area contributed by atoms with Crippen LogP contribution in [0.5, 0.6) is 0 Å². The third-order valence-electron chi connectivity index (χ3n) is 5.83. The quantitative estimate of drug-likeness (QED) is 0.526. The average Bonchev–Trinajstić information content (AvgIpc) is 3.30. The number of aryl methyl sites for hydroxylation is 1. The summed E-state index contributed by atoms with van der Waals surface area (Å²) in [6, 6.07) is 13.8. The highest BCUT2D eigenvalue weighted by Crippen LogP contribution is 2.25. The molecule has 3 aromatic rings. The number of amides is 1. The van der Waals surface area contributed by atoms with E-state index in [0.717, 1.165) is 22.4 Å². The smallest absolute Gasteiger partial charge is 0.252 e. The number of rotatable bonds is 8. The fraction of sp³-hybridized carbons (Fsp3) is 0.222. The summed E-state index contributed by atoms with van der Waals surface area (Å²) in [5.41, 5.74) is 4.06. The van der Waals surface area contributed by atoms with E-state index in [9.17, 15) is 18.7 Å². The third-order valence-corrected chi connectivity index (χ3v) is 5.83. The molecule has 0 saturated carbocycles. The molecule has 1 aromatic heterocycles. The lowest BCUT2D eigenvalue weighted by Gasteiger charge is -2.19. The molecule has 0 fully saturated rings. The highest BCUT2D eigenvalue weighted by molar-refractivity contribution is 6.19. The number of aliphatic imine (C=N–C) groups is 1.